The van der Waals surface area contributed by atoms with Gasteiger partial charge in [-0.2, -0.15) is 0 Å². The first-order valence-electron chi connectivity index (χ1n) is 6.79. The summed E-state index contributed by atoms with van der Waals surface area (Å²) < 4.78 is 12.2. The zero-order valence-corrected chi connectivity index (χ0v) is 13.2. The molecule has 0 N–H and O–H groups in total. The SMILES string of the molecule is CC(C)(C)OC(=O)n1cc(-c2ocnc2Cl)c2ccccc21. The number of nitrogens with zero attached hydrogens (tertiary/aromatic N) is 2. The van der Waals surface area contributed by atoms with Crippen molar-refractivity contribution >= 4 is 28.6 Å². The van der Waals surface area contributed by atoms with E-state index in [4.69, 9.17) is 20.8 Å². The van der Waals surface area contributed by atoms with Crippen molar-refractivity contribution in [2.24, 2.45) is 0 Å². The van der Waals surface area contributed by atoms with Gasteiger partial charge in [0, 0.05) is 17.1 Å². The fourth-order valence-electron chi connectivity index (χ4n) is 2.23. The molecule has 3 aromatic rings. The number of hydrogen-bond acceptors (Lipinski definition) is 4. The molecule has 3 rings (SSSR count). The van der Waals surface area contributed by atoms with Crippen LogP contribution in [0.1, 0.15) is 20.8 Å². The van der Waals surface area contributed by atoms with Crippen molar-refractivity contribution < 1.29 is 13.9 Å². The molecule has 114 valence electrons. The Morgan fingerprint density at radius 1 is 1.32 bits per heavy atom. The van der Waals surface area contributed by atoms with E-state index in [1.807, 2.05) is 45.0 Å². The summed E-state index contributed by atoms with van der Waals surface area (Å²) in [5.41, 5.74) is 0.843. The van der Waals surface area contributed by atoms with Crippen LogP contribution in [0, 0.1) is 0 Å². The van der Waals surface area contributed by atoms with Crippen LogP contribution in [0.15, 0.2) is 41.3 Å². The van der Waals surface area contributed by atoms with Crippen LogP contribution in [-0.4, -0.2) is 21.2 Å². The number of aromatic nitrogens is 2. The van der Waals surface area contributed by atoms with E-state index in [0.717, 1.165) is 10.9 Å². The number of rotatable bonds is 1. The van der Waals surface area contributed by atoms with Crippen molar-refractivity contribution in [3.05, 3.63) is 42.0 Å². The minimum absolute atomic E-state index is 0.257. The summed E-state index contributed by atoms with van der Waals surface area (Å²) in [7, 11) is 0. The van der Waals surface area contributed by atoms with E-state index in [1.165, 1.54) is 11.0 Å². The van der Waals surface area contributed by atoms with Crippen LogP contribution in [0.2, 0.25) is 5.15 Å². The second-order valence-corrected chi connectivity index (χ2v) is 6.24. The molecule has 22 heavy (non-hydrogen) atoms. The Hall–Kier alpha value is -2.27. The lowest BCUT2D eigenvalue weighted by Crippen LogP contribution is -2.26. The van der Waals surface area contributed by atoms with Gasteiger partial charge in [0.05, 0.1) is 5.52 Å². The molecule has 0 atom stereocenters. The summed E-state index contributed by atoms with van der Waals surface area (Å²) in [5, 5.41) is 1.10. The maximum absolute atomic E-state index is 12.4. The van der Waals surface area contributed by atoms with E-state index >= 15 is 0 Å². The molecule has 2 aromatic heterocycles. The summed E-state index contributed by atoms with van der Waals surface area (Å²) in [4.78, 5) is 16.3. The first-order chi connectivity index (χ1) is 10.4. The van der Waals surface area contributed by atoms with Crippen LogP contribution in [0.3, 0.4) is 0 Å². The van der Waals surface area contributed by atoms with Gasteiger partial charge < -0.3 is 9.15 Å². The summed E-state index contributed by atoms with van der Waals surface area (Å²) in [6.45, 7) is 5.47. The number of fused-ring (bicyclic) bond motifs is 1. The van der Waals surface area contributed by atoms with Crippen LogP contribution in [-0.2, 0) is 4.74 Å². The second kappa shape index (κ2) is 5.18. The molecule has 0 spiro atoms. The topological polar surface area (TPSA) is 57.3 Å². The predicted octanol–water partition coefficient (Wildman–Crippen LogP) is 4.73. The number of para-hydroxylation sites is 1. The minimum atomic E-state index is -0.577. The zero-order valence-electron chi connectivity index (χ0n) is 12.5. The molecular formula is C16H15ClN2O3. The lowest BCUT2D eigenvalue weighted by molar-refractivity contribution is 0.0544. The third-order valence-electron chi connectivity index (χ3n) is 3.07. The Balaban J connectivity index is 2.17. The molecule has 0 aliphatic rings. The molecular weight excluding hydrogens is 304 g/mol. The second-order valence-electron chi connectivity index (χ2n) is 5.88. The molecule has 0 bridgehead atoms. The number of ether oxygens (including phenoxy) is 1. The molecule has 0 unspecified atom stereocenters. The molecule has 0 saturated heterocycles. The van der Waals surface area contributed by atoms with Gasteiger partial charge in [-0.05, 0) is 26.8 Å². The number of oxazole rings is 1. The largest absolute Gasteiger partial charge is 0.443 e. The highest BCUT2D eigenvalue weighted by Crippen LogP contribution is 2.34. The Labute approximate surface area is 132 Å². The van der Waals surface area contributed by atoms with Crippen LogP contribution in [0.4, 0.5) is 4.79 Å². The molecule has 0 radical (unpaired) electrons. The van der Waals surface area contributed by atoms with Gasteiger partial charge in [-0.3, -0.25) is 4.57 Å². The van der Waals surface area contributed by atoms with Gasteiger partial charge >= 0.3 is 6.09 Å². The van der Waals surface area contributed by atoms with E-state index < -0.39 is 11.7 Å². The molecule has 0 aliphatic carbocycles. The number of carbonyl (C=O) groups excluding carboxylic acids is 1. The van der Waals surface area contributed by atoms with Crippen molar-refractivity contribution in [2.45, 2.75) is 26.4 Å². The van der Waals surface area contributed by atoms with Crippen molar-refractivity contribution in [3.8, 4) is 11.3 Å². The predicted molar refractivity (Wildman–Crippen MR) is 84.1 cm³/mol. The van der Waals surface area contributed by atoms with E-state index in [1.54, 1.807) is 6.20 Å². The maximum Gasteiger partial charge on any atom is 0.419 e. The summed E-state index contributed by atoms with van der Waals surface area (Å²) in [5.74, 6) is 0.431. The molecule has 0 amide bonds. The monoisotopic (exact) mass is 318 g/mol. The Bertz CT molecular complexity index is 843. The molecule has 2 heterocycles. The van der Waals surface area contributed by atoms with E-state index in [2.05, 4.69) is 4.98 Å². The highest BCUT2D eigenvalue weighted by atomic mass is 35.5. The third kappa shape index (κ3) is 2.60. The zero-order chi connectivity index (χ0) is 15.9. The van der Waals surface area contributed by atoms with Gasteiger partial charge in [0.1, 0.15) is 5.60 Å². The number of hydrogen-bond donors (Lipinski definition) is 0. The van der Waals surface area contributed by atoms with Crippen molar-refractivity contribution in [3.63, 3.8) is 0 Å². The maximum atomic E-state index is 12.4. The summed E-state index contributed by atoms with van der Waals surface area (Å²) in [6.07, 6.45) is 2.48. The van der Waals surface area contributed by atoms with Crippen molar-refractivity contribution in [1.82, 2.24) is 9.55 Å². The molecule has 5 nitrogen and oxygen atoms in total. The molecule has 1 aromatic carbocycles. The number of carbonyl (C=O) groups is 1. The molecule has 6 heteroatoms. The van der Waals surface area contributed by atoms with Crippen molar-refractivity contribution in [1.29, 1.82) is 0 Å². The highest BCUT2D eigenvalue weighted by molar-refractivity contribution is 6.32. The van der Waals surface area contributed by atoms with Crippen LogP contribution in [0.5, 0.6) is 0 Å². The van der Waals surface area contributed by atoms with E-state index in [0.29, 0.717) is 11.3 Å². The van der Waals surface area contributed by atoms with Gasteiger partial charge in [0.25, 0.3) is 0 Å². The first kappa shape index (κ1) is 14.7. The number of benzene rings is 1. The van der Waals surface area contributed by atoms with E-state index in [9.17, 15) is 4.79 Å². The fourth-order valence-corrected chi connectivity index (χ4v) is 2.42. The average Bonchev–Trinajstić information content (AvgIpc) is 3.00. The van der Waals surface area contributed by atoms with Crippen LogP contribution >= 0.6 is 11.6 Å². The highest BCUT2D eigenvalue weighted by Gasteiger charge is 2.22. The van der Waals surface area contributed by atoms with Gasteiger partial charge in [0.2, 0.25) is 0 Å². The third-order valence-corrected chi connectivity index (χ3v) is 3.34. The van der Waals surface area contributed by atoms with Crippen LogP contribution in [0.25, 0.3) is 22.2 Å². The fraction of sp³-hybridized carbons (Fsp3) is 0.250. The van der Waals surface area contributed by atoms with E-state index in [-0.39, 0.29) is 5.15 Å². The lowest BCUT2D eigenvalue weighted by Gasteiger charge is -2.19. The molecule has 0 fully saturated rings. The van der Waals surface area contributed by atoms with Gasteiger partial charge in [-0.15, -0.1) is 0 Å². The summed E-state index contributed by atoms with van der Waals surface area (Å²) >= 11 is 6.04. The minimum Gasteiger partial charge on any atom is -0.443 e. The Morgan fingerprint density at radius 3 is 2.68 bits per heavy atom. The number of halogens is 1. The Morgan fingerprint density at radius 2 is 2.05 bits per heavy atom. The lowest BCUT2D eigenvalue weighted by atomic mass is 10.1. The average molecular weight is 319 g/mol. The first-order valence-corrected chi connectivity index (χ1v) is 7.17. The molecule has 0 saturated carbocycles. The normalized spacial score (nSPS) is 11.8. The van der Waals surface area contributed by atoms with Gasteiger partial charge in [-0.25, -0.2) is 9.78 Å². The van der Waals surface area contributed by atoms with Gasteiger partial charge in [0.15, 0.2) is 17.3 Å². The molecule has 0 aliphatic heterocycles. The standard InChI is InChI=1S/C16H15ClN2O3/c1-16(2,3)22-15(20)19-8-11(13-14(17)18-9-21-13)10-6-4-5-7-12(10)19/h4-9H,1-3H3. The van der Waals surface area contributed by atoms with Crippen LogP contribution < -0.4 is 0 Å². The van der Waals surface area contributed by atoms with Crippen molar-refractivity contribution in [2.75, 3.05) is 0 Å². The smallest absolute Gasteiger partial charge is 0.419 e. The Kier molecular flexibility index (Phi) is 3.45. The quantitative estimate of drug-likeness (QED) is 0.650. The summed E-state index contributed by atoms with van der Waals surface area (Å²) in [6, 6.07) is 7.47. The van der Waals surface area contributed by atoms with Gasteiger partial charge in [-0.1, -0.05) is 29.8 Å².